The van der Waals surface area contributed by atoms with Gasteiger partial charge in [0.15, 0.2) is 0 Å². The van der Waals surface area contributed by atoms with Crippen molar-refractivity contribution in [2.45, 2.75) is 6.42 Å². The van der Waals surface area contributed by atoms with Crippen molar-refractivity contribution in [3.05, 3.63) is 35.6 Å². The molecule has 108 valence electrons. The molecule has 1 aromatic rings. The maximum absolute atomic E-state index is 13.4. The van der Waals surface area contributed by atoms with E-state index in [1.807, 2.05) is 0 Å². The first-order chi connectivity index (χ1) is 9.68. The molecule has 1 saturated heterocycles. The summed E-state index contributed by atoms with van der Waals surface area (Å²) in [6.45, 7) is 2.46. The largest absolute Gasteiger partial charge is 0.378 e. The Morgan fingerprint density at radius 1 is 1.25 bits per heavy atom. The van der Waals surface area contributed by atoms with Crippen LogP contribution in [0.2, 0.25) is 0 Å². The normalized spacial score (nSPS) is 14.9. The van der Waals surface area contributed by atoms with Crippen LogP contribution in [0.25, 0.3) is 0 Å². The number of carbonyl (C=O) groups is 2. The van der Waals surface area contributed by atoms with E-state index < -0.39 is 11.7 Å². The van der Waals surface area contributed by atoms with Gasteiger partial charge in [-0.05, 0) is 12.1 Å². The summed E-state index contributed by atoms with van der Waals surface area (Å²) in [5.41, 5.74) is -0.00804. The highest BCUT2D eigenvalue weighted by Crippen LogP contribution is 2.06. The van der Waals surface area contributed by atoms with E-state index in [0.29, 0.717) is 26.3 Å². The number of carbonyl (C=O) groups excluding carboxylic acids is 2. The Labute approximate surface area is 116 Å². The van der Waals surface area contributed by atoms with Crippen LogP contribution in [0, 0.1) is 5.82 Å². The van der Waals surface area contributed by atoms with Crippen LogP contribution in [0.3, 0.4) is 0 Å². The summed E-state index contributed by atoms with van der Waals surface area (Å²) >= 11 is 0. The van der Waals surface area contributed by atoms with Crippen LogP contribution in [0.15, 0.2) is 24.3 Å². The molecule has 20 heavy (non-hydrogen) atoms. The topological polar surface area (TPSA) is 58.6 Å². The van der Waals surface area contributed by atoms with Crippen LogP contribution in [-0.2, 0) is 9.53 Å². The smallest absolute Gasteiger partial charge is 0.254 e. The summed E-state index contributed by atoms with van der Waals surface area (Å²) in [5, 5.41) is 2.55. The lowest BCUT2D eigenvalue weighted by Crippen LogP contribution is -2.42. The Balaban J connectivity index is 1.76. The number of ether oxygens (including phenoxy) is 1. The fourth-order valence-electron chi connectivity index (χ4n) is 1.99. The van der Waals surface area contributed by atoms with Gasteiger partial charge in [0.05, 0.1) is 18.8 Å². The molecular weight excluding hydrogens is 263 g/mol. The molecule has 6 heteroatoms. The molecule has 0 aromatic heterocycles. The highest BCUT2D eigenvalue weighted by molar-refractivity contribution is 5.94. The molecule has 0 aliphatic carbocycles. The minimum absolute atomic E-state index is 0.00804. The van der Waals surface area contributed by atoms with E-state index in [1.54, 1.807) is 11.0 Å². The SMILES string of the molecule is O=C(NCCC(=O)N1CCOCC1)c1ccccc1F. The number of morpholine rings is 1. The molecule has 0 bridgehead atoms. The molecule has 0 radical (unpaired) electrons. The van der Waals surface area contributed by atoms with Crippen LogP contribution < -0.4 is 5.32 Å². The van der Waals surface area contributed by atoms with Gasteiger partial charge in [-0.15, -0.1) is 0 Å². The van der Waals surface area contributed by atoms with Crippen molar-refractivity contribution in [3.8, 4) is 0 Å². The van der Waals surface area contributed by atoms with Crippen molar-refractivity contribution < 1.29 is 18.7 Å². The van der Waals surface area contributed by atoms with Crippen LogP contribution in [0.1, 0.15) is 16.8 Å². The number of nitrogens with one attached hydrogen (secondary N) is 1. The monoisotopic (exact) mass is 280 g/mol. The fourth-order valence-corrected chi connectivity index (χ4v) is 1.99. The van der Waals surface area contributed by atoms with Crippen LogP contribution in [0.4, 0.5) is 4.39 Å². The average Bonchev–Trinajstić information content (AvgIpc) is 2.48. The lowest BCUT2D eigenvalue weighted by Gasteiger charge is -2.26. The van der Waals surface area contributed by atoms with Gasteiger partial charge >= 0.3 is 0 Å². The van der Waals surface area contributed by atoms with E-state index >= 15 is 0 Å². The van der Waals surface area contributed by atoms with E-state index in [0.717, 1.165) is 0 Å². The molecule has 1 fully saturated rings. The Kier molecular flexibility index (Phi) is 5.06. The van der Waals surface area contributed by atoms with Gasteiger partial charge in [-0.1, -0.05) is 12.1 Å². The van der Waals surface area contributed by atoms with Crippen molar-refractivity contribution >= 4 is 11.8 Å². The van der Waals surface area contributed by atoms with Gasteiger partial charge in [0.25, 0.3) is 5.91 Å². The summed E-state index contributed by atoms with van der Waals surface area (Å²) in [7, 11) is 0. The zero-order chi connectivity index (χ0) is 14.4. The van der Waals surface area contributed by atoms with E-state index in [1.165, 1.54) is 18.2 Å². The number of halogens is 1. The zero-order valence-corrected chi connectivity index (χ0v) is 11.1. The standard InChI is InChI=1S/C14H17FN2O3/c15-12-4-2-1-3-11(12)14(19)16-6-5-13(18)17-7-9-20-10-8-17/h1-4H,5-10H2,(H,16,19). The number of hydrogen-bond acceptors (Lipinski definition) is 3. The lowest BCUT2D eigenvalue weighted by atomic mass is 10.2. The van der Waals surface area contributed by atoms with Gasteiger partial charge in [-0.2, -0.15) is 0 Å². The van der Waals surface area contributed by atoms with Gasteiger partial charge in [0.1, 0.15) is 5.82 Å². The third-order valence-electron chi connectivity index (χ3n) is 3.11. The summed E-state index contributed by atoms with van der Waals surface area (Å²) in [6, 6.07) is 5.76. The highest BCUT2D eigenvalue weighted by atomic mass is 19.1. The second-order valence-corrected chi connectivity index (χ2v) is 4.48. The molecule has 1 N–H and O–H groups in total. The molecule has 0 spiro atoms. The summed E-state index contributed by atoms with van der Waals surface area (Å²) < 4.78 is 18.5. The van der Waals surface area contributed by atoms with Gasteiger partial charge in [0.2, 0.25) is 5.91 Å². The van der Waals surface area contributed by atoms with Gasteiger partial charge in [-0.3, -0.25) is 9.59 Å². The van der Waals surface area contributed by atoms with E-state index in [-0.39, 0.29) is 24.4 Å². The lowest BCUT2D eigenvalue weighted by molar-refractivity contribution is -0.135. The van der Waals surface area contributed by atoms with E-state index in [4.69, 9.17) is 4.74 Å². The first kappa shape index (κ1) is 14.5. The van der Waals surface area contributed by atoms with E-state index in [9.17, 15) is 14.0 Å². The number of benzene rings is 1. The molecule has 0 unspecified atom stereocenters. The molecule has 1 heterocycles. The summed E-state index contributed by atoms with van der Waals surface area (Å²) in [4.78, 5) is 25.3. The number of amides is 2. The predicted molar refractivity (Wildman–Crippen MR) is 70.7 cm³/mol. The maximum Gasteiger partial charge on any atom is 0.254 e. The number of hydrogen-bond donors (Lipinski definition) is 1. The van der Waals surface area contributed by atoms with Gasteiger partial charge in [-0.25, -0.2) is 4.39 Å². The molecule has 5 nitrogen and oxygen atoms in total. The van der Waals surface area contributed by atoms with Crippen molar-refractivity contribution in [1.82, 2.24) is 10.2 Å². The molecule has 0 saturated carbocycles. The van der Waals surface area contributed by atoms with Crippen LogP contribution in [0.5, 0.6) is 0 Å². The minimum Gasteiger partial charge on any atom is -0.378 e. The minimum atomic E-state index is -0.565. The molecule has 1 aliphatic heterocycles. The molecule has 1 aromatic carbocycles. The summed E-state index contributed by atoms with van der Waals surface area (Å²) in [6.07, 6.45) is 0.209. The zero-order valence-electron chi connectivity index (χ0n) is 11.1. The van der Waals surface area contributed by atoms with Crippen LogP contribution >= 0.6 is 0 Å². The molecular formula is C14H17FN2O3. The number of rotatable bonds is 4. The fraction of sp³-hybridized carbons (Fsp3) is 0.429. The third-order valence-corrected chi connectivity index (χ3v) is 3.11. The van der Waals surface area contributed by atoms with Gasteiger partial charge < -0.3 is 15.0 Å². The Bertz CT molecular complexity index is 487. The second-order valence-electron chi connectivity index (χ2n) is 4.48. The van der Waals surface area contributed by atoms with Gasteiger partial charge in [0, 0.05) is 26.1 Å². The van der Waals surface area contributed by atoms with Crippen LogP contribution in [-0.4, -0.2) is 49.6 Å². The highest BCUT2D eigenvalue weighted by Gasteiger charge is 2.17. The van der Waals surface area contributed by atoms with Crippen molar-refractivity contribution in [2.75, 3.05) is 32.8 Å². The molecule has 2 amide bonds. The second kappa shape index (κ2) is 7.00. The Morgan fingerprint density at radius 3 is 2.65 bits per heavy atom. The van der Waals surface area contributed by atoms with Crippen molar-refractivity contribution in [1.29, 1.82) is 0 Å². The quantitative estimate of drug-likeness (QED) is 0.887. The summed E-state index contributed by atoms with van der Waals surface area (Å²) in [5.74, 6) is -1.09. The first-order valence-electron chi connectivity index (χ1n) is 6.57. The van der Waals surface area contributed by atoms with Crippen molar-refractivity contribution in [2.24, 2.45) is 0 Å². The number of nitrogens with zero attached hydrogens (tertiary/aromatic N) is 1. The Hall–Kier alpha value is -1.95. The first-order valence-corrected chi connectivity index (χ1v) is 6.57. The molecule has 2 rings (SSSR count). The van der Waals surface area contributed by atoms with Crippen molar-refractivity contribution in [3.63, 3.8) is 0 Å². The van der Waals surface area contributed by atoms with E-state index in [2.05, 4.69) is 5.32 Å². The maximum atomic E-state index is 13.4. The molecule has 0 atom stereocenters. The average molecular weight is 280 g/mol. The molecule has 1 aliphatic rings. The third kappa shape index (κ3) is 3.77. The Morgan fingerprint density at radius 2 is 1.95 bits per heavy atom. The predicted octanol–water partition coefficient (Wildman–Crippen LogP) is 0.804.